The number of rotatable bonds is 6. The van der Waals surface area contributed by atoms with E-state index in [1.165, 1.54) is 17.2 Å². The molecule has 3 N–H and O–H groups in total. The summed E-state index contributed by atoms with van der Waals surface area (Å²) in [6, 6.07) is 13.2. The second-order valence-electron chi connectivity index (χ2n) is 6.00. The molecule has 126 valence electrons. The Balaban J connectivity index is 1.51. The van der Waals surface area contributed by atoms with Crippen molar-refractivity contribution in [2.24, 2.45) is 0 Å². The van der Waals surface area contributed by atoms with Gasteiger partial charge < -0.3 is 15.5 Å². The van der Waals surface area contributed by atoms with Gasteiger partial charge in [-0.1, -0.05) is 30.3 Å². The summed E-state index contributed by atoms with van der Waals surface area (Å²) < 4.78 is 0. The third-order valence-electron chi connectivity index (χ3n) is 4.17. The van der Waals surface area contributed by atoms with Gasteiger partial charge in [0.15, 0.2) is 5.69 Å². The number of hydrogen-bond donors (Lipinski definition) is 3. The summed E-state index contributed by atoms with van der Waals surface area (Å²) in [6.07, 6.45) is 0.448. The van der Waals surface area contributed by atoms with E-state index in [4.69, 9.17) is 5.11 Å². The molecule has 3 rings (SSSR count). The lowest BCUT2D eigenvalue weighted by atomic mass is 10.00. The van der Waals surface area contributed by atoms with Crippen LogP contribution in [0.3, 0.4) is 0 Å². The number of nitrogens with one attached hydrogen (secondary N) is 1. The number of fused-ring (bicyclic) bond motifs is 1. The number of β-amino-alcohol motifs (C(OH)–C–C–N with tert-alkyl or cyclic N) is 1. The lowest BCUT2D eigenvalue weighted by Crippen LogP contribution is -2.39. The van der Waals surface area contributed by atoms with E-state index in [0.717, 1.165) is 19.5 Å². The molecule has 1 aromatic carbocycles. The molecule has 6 nitrogen and oxygen atoms in total. The molecular formula is C18H21N3O3. The van der Waals surface area contributed by atoms with Crippen molar-refractivity contribution < 1.29 is 15.0 Å². The molecule has 1 unspecified atom stereocenters. The van der Waals surface area contributed by atoms with E-state index in [1.807, 2.05) is 6.07 Å². The van der Waals surface area contributed by atoms with Gasteiger partial charge in [-0.25, -0.2) is 9.78 Å². The molecule has 0 fully saturated rings. The summed E-state index contributed by atoms with van der Waals surface area (Å²) >= 11 is 0. The van der Waals surface area contributed by atoms with E-state index >= 15 is 0 Å². The minimum Gasteiger partial charge on any atom is -0.477 e. The molecule has 0 spiro atoms. The summed E-state index contributed by atoms with van der Waals surface area (Å²) in [6.45, 7) is 2.68. The van der Waals surface area contributed by atoms with Crippen molar-refractivity contribution in [3.05, 3.63) is 59.3 Å². The first-order valence-corrected chi connectivity index (χ1v) is 8.03. The van der Waals surface area contributed by atoms with Crippen molar-refractivity contribution in [1.82, 2.24) is 9.88 Å². The minimum absolute atomic E-state index is 0.0119. The number of carboxylic acid groups (broad SMARTS) is 1. The maximum atomic E-state index is 10.9. The SMILES string of the molecule is O=C(O)c1cccc(NCC(O)CN2CCc3ccccc3C2)n1. The maximum Gasteiger partial charge on any atom is 0.354 e. The maximum absolute atomic E-state index is 10.9. The smallest absolute Gasteiger partial charge is 0.354 e. The Hall–Kier alpha value is -2.44. The Morgan fingerprint density at radius 3 is 2.79 bits per heavy atom. The fourth-order valence-electron chi connectivity index (χ4n) is 2.95. The molecule has 0 amide bonds. The van der Waals surface area contributed by atoms with Gasteiger partial charge in [-0.15, -0.1) is 0 Å². The van der Waals surface area contributed by atoms with Gasteiger partial charge in [0.25, 0.3) is 0 Å². The molecule has 0 bridgehead atoms. The van der Waals surface area contributed by atoms with E-state index in [1.54, 1.807) is 12.1 Å². The summed E-state index contributed by atoms with van der Waals surface area (Å²) in [7, 11) is 0. The summed E-state index contributed by atoms with van der Waals surface area (Å²) in [5, 5.41) is 22.2. The first-order valence-electron chi connectivity index (χ1n) is 8.03. The molecular weight excluding hydrogens is 306 g/mol. The standard InChI is InChI=1S/C18H21N3O3/c22-15(10-19-17-7-3-6-16(20-17)18(23)24)12-21-9-8-13-4-1-2-5-14(13)11-21/h1-7,15,22H,8-12H2,(H,19,20)(H,23,24). The van der Waals surface area contributed by atoms with E-state index in [0.29, 0.717) is 18.9 Å². The van der Waals surface area contributed by atoms with Crippen LogP contribution in [0.1, 0.15) is 21.6 Å². The number of aromatic carboxylic acids is 1. The highest BCUT2D eigenvalue weighted by Gasteiger charge is 2.18. The average molecular weight is 327 g/mol. The topological polar surface area (TPSA) is 85.7 Å². The Labute approximate surface area is 140 Å². The zero-order valence-corrected chi connectivity index (χ0v) is 13.4. The van der Waals surface area contributed by atoms with Crippen LogP contribution in [0.25, 0.3) is 0 Å². The number of pyridine rings is 1. The first-order chi connectivity index (χ1) is 11.6. The molecule has 0 aliphatic carbocycles. The highest BCUT2D eigenvalue weighted by molar-refractivity contribution is 5.85. The van der Waals surface area contributed by atoms with Crippen LogP contribution in [0.4, 0.5) is 5.82 Å². The Bertz CT molecular complexity index is 720. The number of aromatic nitrogens is 1. The van der Waals surface area contributed by atoms with E-state index < -0.39 is 12.1 Å². The van der Waals surface area contributed by atoms with Crippen LogP contribution in [0.15, 0.2) is 42.5 Å². The monoisotopic (exact) mass is 327 g/mol. The van der Waals surface area contributed by atoms with Crippen molar-refractivity contribution in [3.63, 3.8) is 0 Å². The fourth-order valence-corrected chi connectivity index (χ4v) is 2.95. The normalized spacial score (nSPS) is 15.5. The van der Waals surface area contributed by atoms with E-state index in [2.05, 4.69) is 33.4 Å². The highest BCUT2D eigenvalue weighted by atomic mass is 16.4. The molecule has 2 aromatic rings. The first kappa shape index (κ1) is 16.4. The van der Waals surface area contributed by atoms with Crippen molar-refractivity contribution in [2.75, 3.05) is 25.0 Å². The Kier molecular flexibility index (Phi) is 5.08. The lowest BCUT2D eigenvalue weighted by Gasteiger charge is -2.30. The number of anilines is 1. The molecule has 1 aliphatic heterocycles. The molecule has 0 saturated carbocycles. The lowest BCUT2D eigenvalue weighted by molar-refractivity contribution is 0.0690. The van der Waals surface area contributed by atoms with Gasteiger partial charge in [0.05, 0.1) is 6.10 Å². The van der Waals surface area contributed by atoms with Crippen molar-refractivity contribution in [2.45, 2.75) is 19.1 Å². The fraction of sp³-hybridized carbons (Fsp3) is 0.333. The molecule has 2 heterocycles. The predicted octanol–water partition coefficient (Wildman–Crippen LogP) is 1.61. The average Bonchev–Trinajstić information content (AvgIpc) is 2.60. The molecule has 1 aromatic heterocycles. The largest absolute Gasteiger partial charge is 0.477 e. The zero-order valence-electron chi connectivity index (χ0n) is 13.4. The predicted molar refractivity (Wildman–Crippen MR) is 91.1 cm³/mol. The number of benzene rings is 1. The third kappa shape index (κ3) is 4.10. The number of aliphatic hydroxyl groups is 1. The number of hydrogen-bond acceptors (Lipinski definition) is 5. The van der Waals surface area contributed by atoms with Gasteiger partial charge in [-0.2, -0.15) is 0 Å². The molecule has 1 atom stereocenters. The van der Waals surface area contributed by atoms with Crippen LogP contribution in [0.2, 0.25) is 0 Å². The third-order valence-corrected chi connectivity index (χ3v) is 4.17. The van der Waals surface area contributed by atoms with Crippen LogP contribution in [-0.4, -0.2) is 51.8 Å². The quantitative estimate of drug-likeness (QED) is 0.747. The zero-order chi connectivity index (χ0) is 16.9. The molecule has 0 radical (unpaired) electrons. The van der Waals surface area contributed by atoms with Crippen LogP contribution in [-0.2, 0) is 13.0 Å². The Morgan fingerprint density at radius 2 is 2.00 bits per heavy atom. The van der Waals surface area contributed by atoms with E-state index in [-0.39, 0.29) is 5.69 Å². The van der Waals surface area contributed by atoms with Gasteiger partial charge in [-0.05, 0) is 29.7 Å². The molecule has 1 aliphatic rings. The van der Waals surface area contributed by atoms with Crippen LogP contribution < -0.4 is 5.32 Å². The van der Waals surface area contributed by atoms with Gasteiger partial charge in [-0.3, -0.25) is 4.90 Å². The highest BCUT2D eigenvalue weighted by Crippen LogP contribution is 2.18. The number of carbonyl (C=O) groups is 1. The molecule has 24 heavy (non-hydrogen) atoms. The van der Waals surface area contributed by atoms with Crippen molar-refractivity contribution in [3.8, 4) is 0 Å². The summed E-state index contributed by atoms with van der Waals surface area (Å²) in [5.74, 6) is -0.607. The van der Waals surface area contributed by atoms with Crippen LogP contribution in [0, 0.1) is 0 Å². The number of carboxylic acids is 1. The van der Waals surface area contributed by atoms with Crippen LogP contribution in [0.5, 0.6) is 0 Å². The minimum atomic E-state index is -1.06. The number of nitrogens with zero attached hydrogens (tertiary/aromatic N) is 2. The van der Waals surface area contributed by atoms with Crippen LogP contribution >= 0.6 is 0 Å². The van der Waals surface area contributed by atoms with Gasteiger partial charge in [0.2, 0.25) is 0 Å². The van der Waals surface area contributed by atoms with Gasteiger partial charge >= 0.3 is 5.97 Å². The molecule has 6 heteroatoms. The summed E-state index contributed by atoms with van der Waals surface area (Å²) in [4.78, 5) is 17.1. The second kappa shape index (κ2) is 7.42. The van der Waals surface area contributed by atoms with E-state index in [9.17, 15) is 9.90 Å². The van der Waals surface area contributed by atoms with Gasteiger partial charge in [0.1, 0.15) is 5.82 Å². The molecule has 0 saturated heterocycles. The number of aliphatic hydroxyl groups excluding tert-OH is 1. The van der Waals surface area contributed by atoms with Gasteiger partial charge in [0, 0.05) is 26.2 Å². The Morgan fingerprint density at radius 1 is 1.21 bits per heavy atom. The summed E-state index contributed by atoms with van der Waals surface area (Å²) in [5.41, 5.74) is 2.69. The van der Waals surface area contributed by atoms with Crippen molar-refractivity contribution in [1.29, 1.82) is 0 Å². The second-order valence-corrected chi connectivity index (χ2v) is 6.00. The van der Waals surface area contributed by atoms with Crippen molar-refractivity contribution >= 4 is 11.8 Å².